The van der Waals surface area contributed by atoms with Crippen LogP contribution in [0.5, 0.6) is 0 Å². The summed E-state index contributed by atoms with van der Waals surface area (Å²) >= 11 is 0. The normalized spacial score (nSPS) is 13.1. The van der Waals surface area contributed by atoms with Crippen LogP contribution in [0.15, 0.2) is 58.0 Å². The van der Waals surface area contributed by atoms with Crippen molar-refractivity contribution < 1.29 is 13.9 Å². The first-order valence-electron chi connectivity index (χ1n) is 5.02. The highest BCUT2D eigenvalue weighted by Gasteiger charge is 2.16. The summed E-state index contributed by atoms with van der Waals surface area (Å²) in [5, 5.41) is 11.1. The van der Waals surface area contributed by atoms with Crippen molar-refractivity contribution in [3.8, 4) is 0 Å². The van der Waals surface area contributed by atoms with Gasteiger partial charge < -0.3 is 13.9 Å². The fraction of sp³-hybridized carbons (Fsp3) is 0.0769. The molecule has 0 saturated heterocycles. The quantitative estimate of drug-likeness (QED) is 0.712. The van der Waals surface area contributed by atoms with Gasteiger partial charge in [0.25, 0.3) is 0 Å². The molecular formula is C13H10O3. The number of fused-ring (bicyclic) bond motifs is 1. The van der Waals surface area contributed by atoms with E-state index in [0.29, 0.717) is 0 Å². The summed E-state index contributed by atoms with van der Waals surface area (Å²) in [7, 11) is 0. The SMILES string of the molecule is OC(c1ccoc1)c1coc2ccccc12. The maximum atomic E-state index is 10.1. The van der Waals surface area contributed by atoms with E-state index in [4.69, 9.17) is 8.83 Å². The van der Waals surface area contributed by atoms with Crippen LogP contribution < -0.4 is 0 Å². The summed E-state index contributed by atoms with van der Waals surface area (Å²) < 4.78 is 10.3. The Morgan fingerprint density at radius 1 is 1.06 bits per heavy atom. The van der Waals surface area contributed by atoms with E-state index in [1.54, 1.807) is 18.6 Å². The minimum Gasteiger partial charge on any atom is -0.472 e. The van der Waals surface area contributed by atoms with Crippen molar-refractivity contribution in [2.75, 3.05) is 0 Å². The number of rotatable bonds is 2. The van der Waals surface area contributed by atoms with Gasteiger partial charge in [-0.2, -0.15) is 0 Å². The van der Waals surface area contributed by atoms with Gasteiger partial charge in [-0.25, -0.2) is 0 Å². The van der Waals surface area contributed by atoms with Crippen LogP contribution in [-0.4, -0.2) is 5.11 Å². The zero-order valence-electron chi connectivity index (χ0n) is 8.46. The zero-order chi connectivity index (χ0) is 11.0. The second-order valence-corrected chi connectivity index (χ2v) is 3.65. The molecule has 80 valence electrons. The van der Waals surface area contributed by atoms with Crippen molar-refractivity contribution in [1.29, 1.82) is 0 Å². The van der Waals surface area contributed by atoms with Crippen molar-refractivity contribution in [2.24, 2.45) is 0 Å². The molecule has 0 saturated carbocycles. The molecule has 1 atom stereocenters. The molecule has 0 aliphatic carbocycles. The van der Waals surface area contributed by atoms with E-state index in [1.165, 1.54) is 6.26 Å². The Labute approximate surface area is 91.9 Å². The van der Waals surface area contributed by atoms with Crippen molar-refractivity contribution in [2.45, 2.75) is 6.10 Å². The highest BCUT2D eigenvalue weighted by atomic mass is 16.3. The van der Waals surface area contributed by atoms with Crippen LogP contribution in [0.1, 0.15) is 17.2 Å². The Bertz CT molecular complexity index is 592. The molecule has 2 heterocycles. The lowest BCUT2D eigenvalue weighted by Crippen LogP contribution is -1.96. The van der Waals surface area contributed by atoms with Gasteiger partial charge in [0.05, 0.1) is 18.8 Å². The van der Waals surface area contributed by atoms with Gasteiger partial charge in [0, 0.05) is 16.5 Å². The van der Waals surface area contributed by atoms with Gasteiger partial charge in [-0.1, -0.05) is 18.2 Å². The summed E-state index contributed by atoms with van der Waals surface area (Å²) in [6.07, 6.45) is 3.96. The number of benzene rings is 1. The van der Waals surface area contributed by atoms with Crippen LogP contribution in [0, 0.1) is 0 Å². The molecular weight excluding hydrogens is 204 g/mol. The average molecular weight is 214 g/mol. The van der Waals surface area contributed by atoms with Gasteiger partial charge in [-0.15, -0.1) is 0 Å². The highest BCUT2D eigenvalue weighted by Crippen LogP contribution is 2.30. The minimum absolute atomic E-state index is 0.706. The number of aliphatic hydroxyl groups is 1. The molecule has 0 fully saturated rings. The van der Waals surface area contributed by atoms with Crippen LogP contribution in [0.25, 0.3) is 11.0 Å². The Morgan fingerprint density at radius 3 is 2.75 bits per heavy atom. The number of hydrogen-bond acceptors (Lipinski definition) is 3. The van der Waals surface area contributed by atoms with Crippen molar-refractivity contribution >= 4 is 11.0 Å². The molecule has 3 nitrogen and oxygen atoms in total. The van der Waals surface area contributed by atoms with Crippen molar-refractivity contribution in [1.82, 2.24) is 0 Å². The Morgan fingerprint density at radius 2 is 1.94 bits per heavy atom. The third-order valence-electron chi connectivity index (χ3n) is 2.66. The Balaban J connectivity index is 2.12. The molecule has 0 spiro atoms. The lowest BCUT2D eigenvalue weighted by Gasteiger charge is -2.05. The predicted octanol–water partition coefficient (Wildman–Crippen LogP) is 3.11. The summed E-state index contributed by atoms with van der Waals surface area (Å²) in [6, 6.07) is 9.37. The molecule has 1 aromatic carbocycles. The first-order valence-corrected chi connectivity index (χ1v) is 5.02. The number of para-hydroxylation sites is 1. The molecule has 0 aliphatic heterocycles. The maximum absolute atomic E-state index is 10.1. The van der Waals surface area contributed by atoms with Crippen molar-refractivity contribution in [3.05, 3.63) is 60.2 Å². The standard InChI is InChI=1S/C13H10O3/c14-13(9-5-6-15-7-9)11-8-16-12-4-2-1-3-10(11)12/h1-8,13-14H. The first kappa shape index (κ1) is 9.24. The van der Waals surface area contributed by atoms with Crippen molar-refractivity contribution in [3.63, 3.8) is 0 Å². The van der Waals surface area contributed by atoms with Gasteiger partial charge in [0.1, 0.15) is 11.7 Å². The molecule has 0 amide bonds. The van der Waals surface area contributed by atoms with Gasteiger partial charge in [0.2, 0.25) is 0 Å². The molecule has 0 aliphatic rings. The molecule has 2 aromatic heterocycles. The number of furan rings is 2. The minimum atomic E-state index is -0.706. The summed E-state index contributed by atoms with van der Waals surface area (Å²) in [6.45, 7) is 0. The van der Waals surface area contributed by atoms with Crippen LogP contribution in [0.3, 0.4) is 0 Å². The van der Waals surface area contributed by atoms with E-state index in [-0.39, 0.29) is 0 Å². The van der Waals surface area contributed by atoms with Gasteiger partial charge >= 0.3 is 0 Å². The molecule has 3 aromatic rings. The van der Waals surface area contributed by atoms with Crippen LogP contribution in [-0.2, 0) is 0 Å². The second-order valence-electron chi connectivity index (χ2n) is 3.65. The molecule has 0 bridgehead atoms. The number of hydrogen-bond donors (Lipinski definition) is 1. The summed E-state index contributed by atoms with van der Waals surface area (Å²) in [4.78, 5) is 0. The highest BCUT2D eigenvalue weighted by molar-refractivity contribution is 5.81. The fourth-order valence-electron chi connectivity index (χ4n) is 1.82. The second kappa shape index (κ2) is 3.54. The van der Waals surface area contributed by atoms with E-state index in [9.17, 15) is 5.11 Å². The largest absolute Gasteiger partial charge is 0.472 e. The Hall–Kier alpha value is -2.00. The topological polar surface area (TPSA) is 46.5 Å². The molecule has 3 rings (SSSR count). The molecule has 3 heteroatoms. The van der Waals surface area contributed by atoms with E-state index < -0.39 is 6.10 Å². The summed E-state index contributed by atoms with van der Waals surface area (Å²) in [5.74, 6) is 0. The lowest BCUT2D eigenvalue weighted by molar-refractivity contribution is 0.219. The zero-order valence-corrected chi connectivity index (χ0v) is 8.46. The lowest BCUT2D eigenvalue weighted by atomic mass is 10.0. The van der Waals surface area contributed by atoms with Gasteiger partial charge in [-0.05, 0) is 12.1 Å². The Kier molecular flexibility index (Phi) is 2.04. The monoisotopic (exact) mass is 214 g/mol. The van der Waals surface area contributed by atoms with Gasteiger partial charge in [0.15, 0.2) is 0 Å². The fourth-order valence-corrected chi connectivity index (χ4v) is 1.82. The molecule has 16 heavy (non-hydrogen) atoms. The van der Waals surface area contributed by atoms with E-state index in [0.717, 1.165) is 22.1 Å². The molecule has 1 N–H and O–H groups in total. The molecule has 1 unspecified atom stereocenters. The van der Waals surface area contributed by atoms with Crippen LogP contribution in [0.4, 0.5) is 0 Å². The predicted molar refractivity (Wildman–Crippen MR) is 59.0 cm³/mol. The maximum Gasteiger partial charge on any atom is 0.134 e. The van der Waals surface area contributed by atoms with Crippen LogP contribution in [0.2, 0.25) is 0 Å². The smallest absolute Gasteiger partial charge is 0.134 e. The molecule has 0 radical (unpaired) electrons. The van der Waals surface area contributed by atoms with E-state index in [1.807, 2.05) is 24.3 Å². The third kappa shape index (κ3) is 1.33. The number of aliphatic hydroxyl groups excluding tert-OH is 1. The van der Waals surface area contributed by atoms with E-state index in [2.05, 4.69) is 0 Å². The average Bonchev–Trinajstić information content (AvgIpc) is 2.98. The first-order chi connectivity index (χ1) is 7.86. The van der Waals surface area contributed by atoms with E-state index >= 15 is 0 Å². The summed E-state index contributed by atoms with van der Waals surface area (Å²) in [5.41, 5.74) is 2.27. The van der Waals surface area contributed by atoms with Gasteiger partial charge in [-0.3, -0.25) is 0 Å². The van der Waals surface area contributed by atoms with Crippen LogP contribution >= 0.6 is 0 Å². The third-order valence-corrected chi connectivity index (χ3v) is 2.66.